The van der Waals surface area contributed by atoms with Crippen LogP contribution in [-0.2, 0) is 4.74 Å². The Morgan fingerprint density at radius 2 is 1.73 bits per heavy atom. The van der Waals surface area contributed by atoms with Gasteiger partial charge in [0.1, 0.15) is 29.9 Å². The largest absolute Gasteiger partial charge is 0.490 e. The first-order valence-corrected chi connectivity index (χ1v) is 8.07. The second-order valence-electron chi connectivity index (χ2n) is 5.32. The van der Waals surface area contributed by atoms with Crippen molar-refractivity contribution < 1.29 is 39.7 Å². The zero-order chi connectivity index (χ0) is 19.6. The first-order valence-electron chi connectivity index (χ1n) is 7.19. The monoisotopic (exact) mass is 392 g/mol. The SMILES string of the molecule is COc1cc(S[C@@H]2O[C@H](CO)[C@H](O)[C@H](O)[C@H]2O)c([N+](=O)[O-])cc1[N+](=O)[O-]. The number of aliphatic hydroxyl groups is 4. The number of nitro groups is 2. The van der Waals surface area contributed by atoms with Gasteiger partial charge in [-0.05, 0) is 0 Å². The minimum absolute atomic E-state index is 0.123. The Morgan fingerprint density at radius 1 is 1.12 bits per heavy atom. The van der Waals surface area contributed by atoms with Gasteiger partial charge in [-0.1, -0.05) is 11.8 Å². The maximum atomic E-state index is 11.3. The number of ether oxygens (including phenoxy) is 2. The molecule has 4 N–H and O–H groups in total. The molecule has 0 bridgehead atoms. The summed E-state index contributed by atoms with van der Waals surface area (Å²) in [6, 6.07) is 1.76. The Hall–Kier alpha value is -2.03. The van der Waals surface area contributed by atoms with Gasteiger partial charge in [0.05, 0.1) is 34.5 Å². The zero-order valence-electron chi connectivity index (χ0n) is 13.3. The van der Waals surface area contributed by atoms with Gasteiger partial charge in [0.15, 0.2) is 5.75 Å². The van der Waals surface area contributed by atoms with E-state index in [1.165, 1.54) is 0 Å². The number of nitrogens with zero attached hydrogens (tertiary/aromatic N) is 2. The number of aliphatic hydroxyl groups excluding tert-OH is 4. The highest BCUT2D eigenvalue weighted by atomic mass is 32.2. The standard InChI is InChI=1S/C13H16N2O10S/c1-24-7-3-9(6(15(22)23)2-5(7)14(20)21)26-13-12(19)11(18)10(17)8(4-16)25-13/h2-3,8,10-13,16-19H,4H2,1H3/t8-,10+,11+,12-,13+/m1/s1. The van der Waals surface area contributed by atoms with Crippen LogP contribution < -0.4 is 4.74 Å². The maximum absolute atomic E-state index is 11.3. The van der Waals surface area contributed by atoms with Crippen LogP contribution in [0.25, 0.3) is 0 Å². The van der Waals surface area contributed by atoms with Crippen molar-refractivity contribution in [1.29, 1.82) is 0 Å². The van der Waals surface area contributed by atoms with Crippen LogP contribution in [0.4, 0.5) is 11.4 Å². The van der Waals surface area contributed by atoms with Crippen molar-refractivity contribution in [2.75, 3.05) is 13.7 Å². The lowest BCUT2D eigenvalue weighted by Crippen LogP contribution is -2.57. The summed E-state index contributed by atoms with van der Waals surface area (Å²) in [4.78, 5) is 20.5. The third kappa shape index (κ3) is 3.87. The molecule has 26 heavy (non-hydrogen) atoms. The van der Waals surface area contributed by atoms with E-state index in [1.807, 2.05) is 0 Å². The van der Waals surface area contributed by atoms with Gasteiger partial charge in [0.2, 0.25) is 0 Å². The highest BCUT2D eigenvalue weighted by molar-refractivity contribution is 8.00. The molecule has 0 spiro atoms. The van der Waals surface area contributed by atoms with Crippen molar-refractivity contribution in [3.63, 3.8) is 0 Å². The predicted molar refractivity (Wildman–Crippen MR) is 85.9 cm³/mol. The van der Waals surface area contributed by atoms with Crippen molar-refractivity contribution in [1.82, 2.24) is 0 Å². The molecule has 12 nitrogen and oxygen atoms in total. The molecule has 0 radical (unpaired) electrons. The van der Waals surface area contributed by atoms with Gasteiger partial charge in [-0.2, -0.15) is 0 Å². The van der Waals surface area contributed by atoms with E-state index in [-0.39, 0.29) is 10.6 Å². The molecular formula is C13H16N2O10S. The van der Waals surface area contributed by atoms with Crippen molar-refractivity contribution in [3.8, 4) is 5.75 Å². The summed E-state index contributed by atoms with van der Waals surface area (Å²) < 4.78 is 10.1. The lowest BCUT2D eigenvalue weighted by Gasteiger charge is -2.39. The second kappa shape index (κ2) is 8.11. The van der Waals surface area contributed by atoms with Gasteiger partial charge in [-0.25, -0.2) is 0 Å². The molecule has 13 heteroatoms. The second-order valence-corrected chi connectivity index (χ2v) is 6.46. The molecule has 1 saturated heterocycles. The topological polar surface area (TPSA) is 186 Å². The van der Waals surface area contributed by atoms with E-state index in [4.69, 9.17) is 9.47 Å². The van der Waals surface area contributed by atoms with E-state index < -0.39 is 57.7 Å². The third-order valence-electron chi connectivity index (χ3n) is 3.75. The van der Waals surface area contributed by atoms with E-state index in [2.05, 4.69) is 0 Å². The predicted octanol–water partition coefficient (Wildman–Crippen LogP) is -0.596. The fourth-order valence-electron chi connectivity index (χ4n) is 2.37. The number of hydrogen-bond donors (Lipinski definition) is 4. The van der Waals surface area contributed by atoms with Crippen LogP contribution in [0.5, 0.6) is 5.75 Å². The van der Waals surface area contributed by atoms with Gasteiger partial charge in [-0.3, -0.25) is 20.2 Å². The Balaban J connectivity index is 2.41. The summed E-state index contributed by atoms with van der Waals surface area (Å²) in [5.74, 6) is -0.243. The molecule has 0 saturated carbocycles. The molecule has 0 aliphatic carbocycles. The summed E-state index contributed by atoms with van der Waals surface area (Å²) in [5, 5.41) is 61.0. The van der Waals surface area contributed by atoms with Gasteiger partial charge in [-0.15, -0.1) is 0 Å². The van der Waals surface area contributed by atoms with Crippen LogP contribution >= 0.6 is 11.8 Å². The number of thioether (sulfide) groups is 1. The summed E-state index contributed by atoms with van der Waals surface area (Å²) in [6.45, 7) is -0.659. The van der Waals surface area contributed by atoms with Crippen molar-refractivity contribution >= 4 is 23.1 Å². The quantitative estimate of drug-likeness (QED) is 0.358. The smallest absolute Gasteiger partial charge is 0.317 e. The molecule has 0 aromatic heterocycles. The molecule has 144 valence electrons. The first kappa shape index (κ1) is 20.3. The number of rotatable bonds is 6. The van der Waals surface area contributed by atoms with Crippen LogP contribution in [0, 0.1) is 20.2 Å². The molecule has 1 aliphatic rings. The van der Waals surface area contributed by atoms with Gasteiger partial charge in [0.25, 0.3) is 5.69 Å². The van der Waals surface area contributed by atoms with Crippen molar-refractivity contribution in [2.45, 2.75) is 34.7 Å². The summed E-state index contributed by atoms with van der Waals surface area (Å²) in [7, 11) is 1.15. The number of nitro benzene ring substituents is 2. The molecular weight excluding hydrogens is 376 g/mol. The highest BCUT2D eigenvalue weighted by Gasteiger charge is 2.44. The zero-order valence-corrected chi connectivity index (χ0v) is 14.1. The maximum Gasteiger partial charge on any atom is 0.317 e. The molecule has 0 amide bonds. The number of benzene rings is 1. The van der Waals surface area contributed by atoms with E-state index in [0.29, 0.717) is 17.8 Å². The van der Waals surface area contributed by atoms with E-state index in [9.17, 15) is 40.7 Å². The summed E-state index contributed by atoms with van der Waals surface area (Å²) >= 11 is 0.604. The molecule has 0 unspecified atom stereocenters. The molecule has 1 aromatic carbocycles. The fourth-order valence-corrected chi connectivity index (χ4v) is 3.55. The Labute approximate surface area is 150 Å². The first-order chi connectivity index (χ1) is 12.2. The van der Waals surface area contributed by atoms with Gasteiger partial charge >= 0.3 is 5.69 Å². The van der Waals surface area contributed by atoms with Gasteiger partial charge < -0.3 is 29.9 Å². The van der Waals surface area contributed by atoms with E-state index >= 15 is 0 Å². The lowest BCUT2D eigenvalue weighted by atomic mass is 10.0. The van der Waals surface area contributed by atoms with Crippen molar-refractivity contribution in [2.24, 2.45) is 0 Å². The summed E-state index contributed by atoms with van der Waals surface area (Å²) in [6.07, 6.45) is -6.05. The average molecular weight is 392 g/mol. The number of hydrogen-bond acceptors (Lipinski definition) is 11. The third-order valence-corrected chi connectivity index (χ3v) is 4.95. The molecule has 1 fully saturated rings. The van der Waals surface area contributed by atoms with E-state index in [1.54, 1.807) is 0 Å². The minimum Gasteiger partial charge on any atom is -0.490 e. The van der Waals surface area contributed by atoms with Crippen LogP contribution in [0.3, 0.4) is 0 Å². The minimum atomic E-state index is -1.66. The summed E-state index contributed by atoms with van der Waals surface area (Å²) in [5.41, 5.74) is -2.52. The highest BCUT2D eigenvalue weighted by Crippen LogP contribution is 2.43. The Bertz CT molecular complexity index is 700. The molecule has 1 aromatic rings. The van der Waals surface area contributed by atoms with Crippen LogP contribution in [0.2, 0.25) is 0 Å². The molecule has 1 heterocycles. The van der Waals surface area contributed by atoms with Crippen LogP contribution in [-0.4, -0.2) is 73.8 Å². The molecule has 1 aliphatic heterocycles. The van der Waals surface area contributed by atoms with Crippen LogP contribution in [0.15, 0.2) is 17.0 Å². The molecule has 2 rings (SSSR count). The van der Waals surface area contributed by atoms with Crippen molar-refractivity contribution in [3.05, 3.63) is 32.4 Å². The van der Waals surface area contributed by atoms with E-state index in [0.717, 1.165) is 13.2 Å². The Kier molecular flexibility index (Phi) is 6.33. The Morgan fingerprint density at radius 3 is 2.23 bits per heavy atom. The normalized spacial score (nSPS) is 28.6. The van der Waals surface area contributed by atoms with Crippen LogP contribution in [0.1, 0.15) is 0 Å². The van der Waals surface area contributed by atoms with Gasteiger partial charge in [0, 0.05) is 6.07 Å². The lowest BCUT2D eigenvalue weighted by molar-refractivity contribution is -0.396. The molecule has 5 atom stereocenters. The average Bonchev–Trinajstić information content (AvgIpc) is 2.61. The number of methoxy groups -OCH3 is 1. The fraction of sp³-hybridized carbons (Fsp3) is 0.538.